The first-order valence-corrected chi connectivity index (χ1v) is 9.86. The first kappa shape index (κ1) is 19.3. The Bertz CT molecular complexity index is 1390. The Balaban J connectivity index is 1.36. The summed E-state index contributed by atoms with van der Waals surface area (Å²) in [6, 6.07) is 21.0. The minimum Gasteiger partial charge on any atom is -0.478 e. The molecule has 0 spiro atoms. The van der Waals surface area contributed by atoms with E-state index in [9.17, 15) is 9.59 Å². The van der Waals surface area contributed by atoms with Crippen LogP contribution in [0, 0.1) is 0 Å². The number of hydrogen-bond donors (Lipinski definition) is 3. The van der Waals surface area contributed by atoms with Gasteiger partial charge in [-0.25, -0.2) is 4.79 Å². The molecule has 1 aromatic heterocycles. The average Bonchev–Trinajstić information content (AvgIpc) is 3.14. The fourth-order valence-corrected chi connectivity index (χ4v) is 3.59. The van der Waals surface area contributed by atoms with Crippen LogP contribution in [0.1, 0.15) is 15.9 Å². The van der Waals surface area contributed by atoms with Crippen molar-refractivity contribution in [2.24, 2.45) is 0 Å². The van der Waals surface area contributed by atoms with Crippen LogP contribution in [-0.2, 0) is 4.79 Å². The summed E-state index contributed by atoms with van der Waals surface area (Å²) in [5.74, 6) is -0.189. The number of rotatable bonds is 5. The molecule has 2 heterocycles. The molecule has 7 heteroatoms. The Morgan fingerprint density at radius 2 is 1.84 bits per heavy atom. The van der Waals surface area contributed by atoms with E-state index >= 15 is 0 Å². The van der Waals surface area contributed by atoms with Gasteiger partial charge in [0.25, 0.3) is 5.91 Å². The summed E-state index contributed by atoms with van der Waals surface area (Å²) < 4.78 is 5.74. The Morgan fingerprint density at radius 3 is 2.66 bits per heavy atom. The van der Waals surface area contributed by atoms with E-state index in [4.69, 9.17) is 9.84 Å². The van der Waals surface area contributed by atoms with Gasteiger partial charge in [-0.1, -0.05) is 12.1 Å². The van der Waals surface area contributed by atoms with E-state index in [2.05, 4.69) is 15.6 Å². The number of nitrogens with one attached hydrogen (secondary N) is 2. The Hall–Kier alpha value is -4.65. The quantitative estimate of drug-likeness (QED) is 0.385. The van der Waals surface area contributed by atoms with Crippen LogP contribution < -0.4 is 15.4 Å². The number of nitrogens with zero attached hydrogens (tertiary/aromatic N) is 1. The average molecular weight is 423 g/mol. The lowest BCUT2D eigenvalue weighted by Crippen LogP contribution is -2.05. The summed E-state index contributed by atoms with van der Waals surface area (Å²) in [5.41, 5.74) is 3.86. The van der Waals surface area contributed by atoms with Gasteiger partial charge >= 0.3 is 5.97 Å². The van der Waals surface area contributed by atoms with Crippen molar-refractivity contribution < 1.29 is 19.4 Å². The number of hydrogen-bond acceptors (Lipinski definition) is 5. The molecule has 0 atom stereocenters. The fraction of sp³-hybridized carbons (Fsp3) is 0. The second-order valence-corrected chi connectivity index (χ2v) is 7.17. The van der Waals surface area contributed by atoms with Crippen molar-refractivity contribution in [1.82, 2.24) is 4.98 Å². The monoisotopic (exact) mass is 423 g/mol. The van der Waals surface area contributed by atoms with Crippen LogP contribution in [0.3, 0.4) is 0 Å². The first-order chi connectivity index (χ1) is 15.6. The summed E-state index contributed by atoms with van der Waals surface area (Å²) in [4.78, 5) is 28.0. The van der Waals surface area contributed by atoms with Gasteiger partial charge in [0.15, 0.2) is 0 Å². The molecular weight excluding hydrogens is 406 g/mol. The molecule has 5 rings (SSSR count). The zero-order valence-electron chi connectivity index (χ0n) is 16.7. The highest BCUT2D eigenvalue weighted by Crippen LogP contribution is 2.37. The summed E-state index contributed by atoms with van der Waals surface area (Å²) in [7, 11) is 0. The summed E-state index contributed by atoms with van der Waals surface area (Å²) in [6.07, 6.45) is 3.40. The summed E-state index contributed by atoms with van der Waals surface area (Å²) in [5, 5.41) is 16.1. The van der Waals surface area contributed by atoms with E-state index in [0.717, 1.165) is 27.8 Å². The van der Waals surface area contributed by atoms with Gasteiger partial charge in [-0.15, -0.1) is 0 Å². The highest BCUT2D eigenvalue weighted by atomic mass is 16.5. The molecule has 3 aromatic carbocycles. The standard InChI is InChI=1S/C25H17N3O4/c29-24-20(23-19-5-2-12-26-21(19)10-11-22(23)28-24)14-27-16-6-8-17(9-7-16)32-18-4-1-3-15(13-18)25(30)31/h1-14,27H,(H,28,29)(H,30,31). The molecule has 0 aliphatic carbocycles. The van der Waals surface area contributed by atoms with Gasteiger partial charge in [0.05, 0.1) is 16.7 Å². The molecule has 156 valence electrons. The number of aromatic nitrogens is 1. The van der Waals surface area contributed by atoms with Crippen LogP contribution in [0.15, 0.2) is 85.2 Å². The van der Waals surface area contributed by atoms with Crippen molar-refractivity contribution in [3.8, 4) is 11.5 Å². The van der Waals surface area contributed by atoms with Crippen LogP contribution in [0.4, 0.5) is 11.4 Å². The third-order valence-electron chi connectivity index (χ3n) is 5.10. The van der Waals surface area contributed by atoms with Gasteiger partial charge in [0.1, 0.15) is 11.5 Å². The lowest BCUT2D eigenvalue weighted by atomic mass is 10.0. The molecule has 4 aromatic rings. The van der Waals surface area contributed by atoms with Crippen molar-refractivity contribution in [1.29, 1.82) is 0 Å². The molecule has 0 bridgehead atoms. The number of aromatic carboxylic acids is 1. The summed E-state index contributed by atoms with van der Waals surface area (Å²) >= 11 is 0. The van der Waals surface area contributed by atoms with Crippen molar-refractivity contribution in [3.63, 3.8) is 0 Å². The van der Waals surface area contributed by atoms with Crippen LogP contribution in [-0.4, -0.2) is 22.0 Å². The molecule has 0 radical (unpaired) electrons. The second kappa shape index (κ2) is 7.88. The predicted molar refractivity (Wildman–Crippen MR) is 122 cm³/mol. The Kier molecular flexibility index (Phi) is 4.76. The van der Waals surface area contributed by atoms with Gasteiger partial charge in [-0.2, -0.15) is 0 Å². The minimum atomic E-state index is -1.01. The number of carboxylic acid groups (broad SMARTS) is 1. The highest BCUT2D eigenvalue weighted by molar-refractivity contribution is 6.34. The van der Waals surface area contributed by atoms with Crippen LogP contribution in [0.25, 0.3) is 16.5 Å². The van der Waals surface area contributed by atoms with E-state index < -0.39 is 5.97 Å². The smallest absolute Gasteiger partial charge is 0.335 e. The zero-order chi connectivity index (χ0) is 22.1. The van der Waals surface area contributed by atoms with Crippen molar-refractivity contribution >= 4 is 39.7 Å². The SMILES string of the molecule is O=C1Nc2ccc3ncccc3c2C1=CNc1ccc(Oc2cccc(C(=O)O)c2)cc1. The van der Waals surface area contributed by atoms with Gasteiger partial charge in [-0.3, -0.25) is 9.78 Å². The number of amides is 1. The van der Waals surface area contributed by atoms with E-state index in [1.807, 2.05) is 36.4 Å². The molecule has 0 saturated heterocycles. The van der Waals surface area contributed by atoms with Crippen molar-refractivity contribution in [2.45, 2.75) is 0 Å². The molecule has 0 saturated carbocycles. The molecule has 32 heavy (non-hydrogen) atoms. The maximum atomic E-state index is 12.5. The number of carbonyl (C=O) groups is 2. The molecule has 1 aliphatic rings. The fourth-order valence-electron chi connectivity index (χ4n) is 3.59. The molecule has 0 fully saturated rings. The number of ether oxygens (including phenoxy) is 1. The zero-order valence-corrected chi connectivity index (χ0v) is 16.7. The van der Waals surface area contributed by atoms with E-state index in [0.29, 0.717) is 17.1 Å². The predicted octanol–water partition coefficient (Wildman–Crippen LogP) is 5.13. The Labute approximate surface area is 183 Å². The van der Waals surface area contributed by atoms with E-state index in [-0.39, 0.29) is 11.5 Å². The molecule has 0 unspecified atom stereocenters. The molecule has 1 amide bonds. The topological polar surface area (TPSA) is 101 Å². The van der Waals surface area contributed by atoms with Gasteiger partial charge in [0.2, 0.25) is 0 Å². The van der Waals surface area contributed by atoms with Gasteiger partial charge in [-0.05, 0) is 60.7 Å². The van der Waals surface area contributed by atoms with Crippen molar-refractivity contribution in [3.05, 3.63) is 96.3 Å². The highest BCUT2D eigenvalue weighted by Gasteiger charge is 2.26. The number of anilines is 2. The number of pyridine rings is 1. The second-order valence-electron chi connectivity index (χ2n) is 7.17. The Morgan fingerprint density at radius 1 is 1.00 bits per heavy atom. The number of carboxylic acids is 1. The van der Waals surface area contributed by atoms with Gasteiger partial charge in [0, 0.05) is 34.7 Å². The van der Waals surface area contributed by atoms with E-state index in [1.165, 1.54) is 12.1 Å². The third kappa shape index (κ3) is 3.63. The van der Waals surface area contributed by atoms with Crippen LogP contribution in [0.5, 0.6) is 11.5 Å². The molecule has 1 aliphatic heterocycles. The normalized spacial score (nSPS) is 13.6. The number of fused-ring (bicyclic) bond motifs is 3. The number of carbonyl (C=O) groups excluding carboxylic acids is 1. The third-order valence-corrected chi connectivity index (χ3v) is 5.10. The first-order valence-electron chi connectivity index (χ1n) is 9.86. The molecular formula is C25H17N3O4. The number of benzene rings is 3. The van der Waals surface area contributed by atoms with Gasteiger partial charge < -0.3 is 20.5 Å². The lowest BCUT2D eigenvalue weighted by molar-refractivity contribution is -0.110. The molecule has 3 N–H and O–H groups in total. The molecule has 7 nitrogen and oxygen atoms in total. The lowest BCUT2D eigenvalue weighted by Gasteiger charge is -2.08. The maximum Gasteiger partial charge on any atom is 0.335 e. The maximum absolute atomic E-state index is 12.5. The van der Waals surface area contributed by atoms with Crippen LogP contribution >= 0.6 is 0 Å². The minimum absolute atomic E-state index is 0.158. The van der Waals surface area contributed by atoms with E-state index in [1.54, 1.807) is 36.7 Å². The largest absolute Gasteiger partial charge is 0.478 e. The van der Waals surface area contributed by atoms with Crippen LogP contribution in [0.2, 0.25) is 0 Å². The summed E-state index contributed by atoms with van der Waals surface area (Å²) in [6.45, 7) is 0. The van der Waals surface area contributed by atoms with Crippen molar-refractivity contribution in [2.75, 3.05) is 10.6 Å².